The molecule has 1 aliphatic rings. The number of aromatic nitrogens is 3. The standard InChI is InChI=1S/C15H18N4O/c20-15(8-9-19-11-16-10-17-19)18-14-7-3-5-12-4-1-2-6-13(12)14/h1-2,4,6,10-11,14H,3,5,7-9H2,(H,18,20)/t14-/m1/s1. The molecule has 1 aromatic carbocycles. The molecule has 0 spiro atoms. The van der Waals surface area contributed by atoms with Gasteiger partial charge < -0.3 is 5.32 Å². The Kier molecular flexibility index (Phi) is 3.76. The highest BCUT2D eigenvalue weighted by Gasteiger charge is 2.21. The van der Waals surface area contributed by atoms with Gasteiger partial charge in [-0.25, -0.2) is 4.98 Å². The molecule has 1 aliphatic carbocycles. The fourth-order valence-electron chi connectivity index (χ4n) is 2.73. The van der Waals surface area contributed by atoms with E-state index in [1.54, 1.807) is 11.0 Å². The lowest BCUT2D eigenvalue weighted by molar-refractivity contribution is -0.122. The van der Waals surface area contributed by atoms with E-state index >= 15 is 0 Å². The van der Waals surface area contributed by atoms with E-state index < -0.39 is 0 Å². The maximum Gasteiger partial charge on any atom is 0.222 e. The molecule has 0 bridgehead atoms. The van der Waals surface area contributed by atoms with Gasteiger partial charge in [-0.2, -0.15) is 5.10 Å². The molecular formula is C15H18N4O. The lowest BCUT2D eigenvalue weighted by Gasteiger charge is -2.26. The van der Waals surface area contributed by atoms with Crippen LogP contribution in [0.25, 0.3) is 0 Å². The molecule has 3 rings (SSSR count). The van der Waals surface area contributed by atoms with Gasteiger partial charge in [0.05, 0.1) is 12.6 Å². The zero-order chi connectivity index (χ0) is 13.8. The minimum absolute atomic E-state index is 0.0715. The summed E-state index contributed by atoms with van der Waals surface area (Å²) in [5, 5.41) is 7.13. The Hall–Kier alpha value is -2.17. The summed E-state index contributed by atoms with van der Waals surface area (Å²) in [5.74, 6) is 0.0715. The molecule has 0 fully saturated rings. The van der Waals surface area contributed by atoms with Crippen LogP contribution < -0.4 is 5.32 Å². The summed E-state index contributed by atoms with van der Waals surface area (Å²) in [6, 6.07) is 8.54. The fourth-order valence-corrected chi connectivity index (χ4v) is 2.73. The summed E-state index contributed by atoms with van der Waals surface area (Å²) in [6.07, 6.45) is 6.80. The van der Waals surface area contributed by atoms with E-state index in [1.807, 2.05) is 6.07 Å². The van der Waals surface area contributed by atoms with Gasteiger partial charge >= 0.3 is 0 Å². The highest BCUT2D eigenvalue weighted by Crippen LogP contribution is 2.29. The molecule has 104 valence electrons. The van der Waals surface area contributed by atoms with Gasteiger partial charge in [-0.15, -0.1) is 0 Å². The Morgan fingerprint density at radius 1 is 1.40 bits per heavy atom. The number of nitrogens with one attached hydrogen (secondary N) is 1. The summed E-state index contributed by atoms with van der Waals surface area (Å²) in [4.78, 5) is 15.9. The van der Waals surface area contributed by atoms with Crippen molar-refractivity contribution in [3.63, 3.8) is 0 Å². The number of carbonyl (C=O) groups is 1. The number of carbonyl (C=O) groups excluding carboxylic acids is 1. The summed E-state index contributed by atoms with van der Waals surface area (Å²) < 4.78 is 1.67. The molecule has 1 atom stereocenters. The second-order valence-electron chi connectivity index (χ2n) is 5.12. The number of nitrogens with zero attached hydrogens (tertiary/aromatic N) is 3. The van der Waals surface area contributed by atoms with Gasteiger partial charge in [0.25, 0.3) is 0 Å². The Morgan fingerprint density at radius 3 is 3.15 bits per heavy atom. The van der Waals surface area contributed by atoms with Crippen molar-refractivity contribution >= 4 is 5.91 Å². The molecule has 0 saturated carbocycles. The van der Waals surface area contributed by atoms with Crippen molar-refractivity contribution in [3.8, 4) is 0 Å². The molecular weight excluding hydrogens is 252 g/mol. The van der Waals surface area contributed by atoms with Crippen LogP contribution in [0.3, 0.4) is 0 Å². The van der Waals surface area contributed by atoms with Crippen molar-refractivity contribution < 1.29 is 4.79 Å². The number of fused-ring (bicyclic) bond motifs is 1. The lowest BCUT2D eigenvalue weighted by Crippen LogP contribution is -2.31. The summed E-state index contributed by atoms with van der Waals surface area (Å²) in [7, 11) is 0. The quantitative estimate of drug-likeness (QED) is 0.922. The molecule has 0 aliphatic heterocycles. The van der Waals surface area contributed by atoms with Gasteiger partial charge in [-0.3, -0.25) is 9.48 Å². The number of hydrogen-bond donors (Lipinski definition) is 1. The van der Waals surface area contributed by atoms with Crippen LogP contribution in [0, 0.1) is 0 Å². The lowest BCUT2D eigenvalue weighted by atomic mass is 9.88. The third-order valence-corrected chi connectivity index (χ3v) is 3.74. The third kappa shape index (κ3) is 2.87. The van der Waals surface area contributed by atoms with E-state index in [9.17, 15) is 4.79 Å². The molecule has 2 aromatic rings. The molecule has 1 heterocycles. The Balaban J connectivity index is 1.59. The fraction of sp³-hybridized carbons (Fsp3) is 0.400. The van der Waals surface area contributed by atoms with Crippen molar-refractivity contribution in [2.24, 2.45) is 0 Å². The first kappa shape index (κ1) is 12.8. The first-order chi connectivity index (χ1) is 9.83. The van der Waals surface area contributed by atoms with Crippen LogP contribution in [0.2, 0.25) is 0 Å². The summed E-state index contributed by atoms with van der Waals surface area (Å²) in [6.45, 7) is 0.570. The van der Waals surface area contributed by atoms with E-state index in [-0.39, 0.29) is 11.9 Å². The Morgan fingerprint density at radius 2 is 2.30 bits per heavy atom. The van der Waals surface area contributed by atoms with Gasteiger partial charge in [0.1, 0.15) is 12.7 Å². The molecule has 5 heteroatoms. The number of amides is 1. The number of rotatable bonds is 4. The highest BCUT2D eigenvalue weighted by molar-refractivity contribution is 5.76. The average Bonchev–Trinajstić information content (AvgIpc) is 2.99. The molecule has 5 nitrogen and oxygen atoms in total. The zero-order valence-corrected chi connectivity index (χ0v) is 11.3. The minimum Gasteiger partial charge on any atom is -0.349 e. The van der Waals surface area contributed by atoms with Crippen LogP contribution in [0.5, 0.6) is 0 Å². The smallest absolute Gasteiger partial charge is 0.222 e. The Bertz CT molecular complexity index is 579. The molecule has 20 heavy (non-hydrogen) atoms. The minimum atomic E-state index is 0.0715. The number of benzene rings is 1. The van der Waals surface area contributed by atoms with Gasteiger partial charge in [0, 0.05) is 6.42 Å². The molecule has 0 radical (unpaired) electrons. The van der Waals surface area contributed by atoms with Crippen LogP contribution in [0.4, 0.5) is 0 Å². The van der Waals surface area contributed by atoms with Crippen molar-refractivity contribution in [3.05, 3.63) is 48.0 Å². The normalized spacial score (nSPS) is 17.5. The maximum atomic E-state index is 12.0. The monoisotopic (exact) mass is 270 g/mol. The highest BCUT2D eigenvalue weighted by atomic mass is 16.1. The predicted molar refractivity (Wildman–Crippen MR) is 74.9 cm³/mol. The van der Waals surface area contributed by atoms with Crippen molar-refractivity contribution in [1.29, 1.82) is 0 Å². The average molecular weight is 270 g/mol. The van der Waals surface area contributed by atoms with Crippen molar-refractivity contribution in [2.45, 2.75) is 38.3 Å². The van der Waals surface area contributed by atoms with Crippen LogP contribution in [-0.4, -0.2) is 20.7 Å². The van der Waals surface area contributed by atoms with Gasteiger partial charge in [0.15, 0.2) is 0 Å². The predicted octanol–water partition coefficient (Wildman–Crippen LogP) is 1.86. The molecule has 0 unspecified atom stereocenters. The summed E-state index contributed by atoms with van der Waals surface area (Å²) >= 11 is 0. The van der Waals surface area contributed by atoms with Crippen LogP contribution in [-0.2, 0) is 17.8 Å². The second kappa shape index (κ2) is 5.86. The van der Waals surface area contributed by atoms with E-state index in [2.05, 4.69) is 33.6 Å². The van der Waals surface area contributed by atoms with Gasteiger partial charge in [-0.1, -0.05) is 24.3 Å². The van der Waals surface area contributed by atoms with Crippen LogP contribution >= 0.6 is 0 Å². The van der Waals surface area contributed by atoms with E-state index in [0.717, 1.165) is 19.3 Å². The van der Waals surface area contributed by atoms with E-state index in [1.165, 1.54) is 17.5 Å². The summed E-state index contributed by atoms with van der Waals surface area (Å²) in [5.41, 5.74) is 2.63. The van der Waals surface area contributed by atoms with Gasteiger partial charge in [0.2, 0.25) is 5.91 Å². The first-order valence-electron chi connectivity index (χ1n) is 7.02. The number of aryl methyl sites for hydroxylation is 2. The van der Waals surface area contributed by atoms with Crippen LogP contribution in [0.1, 0.15) is 36.4 Å². The zero-order valence-electron chi connectivity index (χ0n) is 11.3. The maximum absolute atomic E-state index is 12.0. The van der Waals surface area contributed by atoms with Crippen molar-refractivity contribution in [1.82, 2.24) is 20.1 Å². The van der Waals surface area contributed by atoms with Crippen LogP contribution in [0.15, 0.2) is 36.9 Å². The van der Waals surface area contributed by atoms with Crippen molar-refractivity contribution in [2.75, 3.05) is 0 Å². The Labute approximate surface area is 118 Å². The molecule has 1 N–H and O–H groups in total. The molecule has 1 amide bonds. The van der Waals surface area contributed by atoms with E-state index in [4.69, 9.17) is 0 Å². The first-order valence-corrected chi connectivity index (χ1v) is 7.02. The molecule has 0 saturated heterocycles. The SMILES string of the molecule is O=C(CCn1cncn1)N[C@@H]1CCCc2ccccc21. The third-order valence-electron chi connectivity index (χ3n) is 3.74. The largest absolute Gasteiger partial charge is 0.349 e. The van der Waals surface area contributed by atoms with E-state index in [0.29, 0.717) is 13.0 Å². The van der Waals surface area contributed by atoms with Gasteiger partial charge in [-0.05, 0) is 30.4 Å². The molecule has 1 aromatic heterocycles. The second-order valence-corrected chi connectivity index (χ2v) is 5.12. The topological polar surface area (TPSA) is 59.8 Å². The number of hydrogen-bond acceptors (Lipinski definition) is 3.